The minimum atomic E-state index is 0.542. The molecule has 6 heteroatoms. The zero-order valence-corrected chi connectivity index (χ0v) is 12.3. The van der Waals surface area contributed by atoms with Crippen molar-refractivity contribution in [1.29, 1.82) is 0 Å². The Bertz CT molecular complexity index is 751. The maximum atomic E-state index is 5.61. The van der Waals surface area contributed by atoms with Crippen molar-refractivity contribution in [3.8, 4) is 17.1 Å². The summed E-state index contributed by atoms with van der Waals surface area (Å²) in [5, 5.41) is 12.0. The Morgan fingerprint density at radius 3 is 2.59 bits per heavy atom. The van der Waals surface area contributed by atoms with E-state index in [0.29, 0.717) is 18.9 Å². The van der Waals surface area contributed by atoms with Gasteiger partial charge in [-0.25, -0.2) is 4.68 Å². The van der Waals surface area contributed by atoms with Crippen molar-refractivity contribution in [1.82, 2.24) is 20.2 Å². The first kappa shape index (κ1) is 14.2. The van der Waals surface area contributed by atoms with E-state index in [1.807, 2.05) is 48.5 Å². The first-order valence-electron chi connectivity index (χ1n) is 6.98. The van der Waals surface area contributed by atoms with Crippen molar-refractivity contribution in [2.24, 2.45) is 5.73 Å². The third-order valence-electron chi connectivity index (χ3n) is 3.45. The van der Waals surface area contributed by atoms with Crippen LogP contribution < -0.4 is 10.5 Å². The summed E-state index contributed by atoms with van der Waals surface area (Å²) >= 11 is 0. The summed E-state index contributed by atoms with van der Waals surface area (Å²) in [7, 11) is 1.64. The van der Waals surface area contributed by atoms with E-state index in [1.54, 1.807) is 11.8 Å². The van der Waals surface area contributed by atoms with Crippen LogP contribution in [0.5, 0.6) is 5.75 Å². The molecule has 0 atom stereocenters. The van der Waals surface area contributed by atoms with Gasteiger partial charge < -0.3 is 10.5 Å². The van der Waals surface area contributed by atoms with Crippen molar-refractivity contribution < 1.29 is 4.74 Å². The lowest BCUT2D eigenvalue weighted by Gasteiger charge is -2.07. The molecular weight excluding hydrogens is 278 g/mol. The minimum absolute atomic E-state index is 0.542. The van der Waals surface area contributed by atoms with Crippen LogP contribution in [0.2, 0.25) is 0 Å². The maximum absolute atomic E-state index is 5.61. The molecule has 0 unspecified atom stereocenters. The zero-order chi connectivity index (χ0) is 15.4. The first-order valence-corrected chi connectivity index (χ1v) is 6.98. The normalized spacial score (nSPS) is 10.6. The Morgan fingerprint density at radius 2 is 1.86 bits per heavy atom. The predicted molar refractivity (Wildman–Crippen MR) is 83.2 cm³/mol. The fourth-order valence-electron chi connectivity index (χ4n) is 2.23. The van der Waals surface area contributed by atoms with E-state index in [-0.39, 0.29) is 0 Å². The molecule has 0 aliphatic heterocycles. The van der Waals surface area contributed by atoms with Gasteiger partial charge in [-0.05, 0) is 33.7 Å². The highest BCUT2D eigenvalue weighted by Crippen LogP contribution is 2.21. The lowest BCUT2D eigenvalue weighted by atomic mass is 10.1. The van der Waals surface area contributed by atoms with Gasteiger partial charge in [0, 0.05) is 12.1 Å². The van der Waals surface area contributed by atoms with Crippen molar-refractivity contribution >= 4 is 0 Å². The second-order valence-corrected chi connectivity index (χ2v) is 4.91. The predicted octanol–water partition coefficient (Wildman–Crippen LogP) is 1.86. The summed E-state index contributed by atoms with van der Waals surface area (Å²) < 4.78 is 7.02. The fourth-order valence-corrected chi connectivity index (χ4v) is 2.23. The van der Waals surface area contributed by atoms with Crippen LogP contribution in [-0.2, 0) is 13.1 Å². The van der Waals surface area contributed by atoms with Crippen LogP contribution in [0.1, 0.15) is 11.1 Å². The van der Waals surface area contributed by atoms with E-state index in [2.05, 4.69) is 15.5 Å². The summed E-state index contributed by atoms with van der Waals surface area (Å²) in [6.45, 7) is 1.14. The third-order valence-corrected chi connectivity index (χ3v) is 3.45. The molecule has 112 valence electrons. The quantitative estimate of drug-likeness (QED) is 0.777. The summed E-state index contributed by atoms with van der Waals surface area (Å²) in [6, 6.07) is 15.8. The van der Waals surface area contributed by atoms with E-state index < -0.39 is 0 Å². The Labute approximate surface area is 128 Å². The minimum Gasteiger partial charge on any atom is -0.497 e. The molecule has 0 aliphatic rings. The molecule has 0 fully saturated rings. The Balaban J connectivity index is 1.87. The van der Waals surface area contributed by atoms with Crippen LogP contribution in [0.4, 0.5) is 0 Å². The number of tetrazole rings is 1. The van der Waals surface area contributed by atoms with Crippen LogP contribution in [0.3, 0.4) is 0 Å². The molecule has 0 saturated carbocycles. The first-order chi connectivity index (χ1) is 10.8. The molecule has 1 heterocycles. The second kappa shape index (κ2) is 6.36. The lowest BCUT2D eigenvalue weighted by Crippen LogP contribution is -2.05. The fraction of sp³-hybridized carbons (Fsp3) is 0.188. The summed E-state index contributed by atoms with van der Waals surface area (Å²) in [6.07, 6.45) is 0. The van der Waals surface area contributed by atoms with Crippen LogP contribution >= 0.6 is 0 Å². The van der Waals surface area contributed by atoms with Gasteiger partial charge in [0.15, 0.2) is 5.82 Å². The van der Waals surface area contributed by atoms with E-state index in [0.717, 1.165) is 22.4 Å². The van der Waals surface area contributed by atoms with E-state index in [4.69, 9.17) is 10.5 Å². The Morgan fingerprint density at radius 1 is 1.09 bits per heavy atom. The molecule has 3 aromatic rings. The molecule has 22 heavy (non-hydrogen) atoms. The lowest BCUT2D eigenvalue weighted by molar-refractivity contribution is 0.415. The largest absolute Gasteiger partial charge is 0.497 e. The molecule has 6 nitrogen and oxygen atoms in total. The van der Waals surface area contributed by atoms with Crippen LogP contribution in [0.25, 0.3) is 11.4 Å². The van der Waals surface area contributed by atoms with E-state index in [9.17, 15) is 0 Å². The molecule has 0 bridgehead atoms. The molecule has 0 saturated heterocycles. The average molecular weight is 295 g/mol. The summed E-state index contributed by atoms with van der Waals surface area (Å²) in [5.74, 6) is 1.49. The van der Waals surface area contributed by atoms with Gasteiger partial charge in [-0.2, -0.15) is 0 Å². The Kier molecular flexibility index (Phi) is 4.11. The third kappa shape index (κ3) is 2.96. The highest BCUT2D eigenvalue weighted by molar-refractivity contribution is 5.57. The number of hydrogen-bond acceptors (Lipinski definition) is 5. The molecule has 0 spiro atoms. The number of aromatic nitrogens is 4. The topological polar surface area (TPSA) is 78.9 Å². The van der Waals surface area contributed by atoms with Gasteiger partial charge >= 0.3 is 0 Å². The molecule has 1 aromatic heterocycles. The number of nitrogens with zero attached hydrogens (tertiary/aromatic N) is 4. The summed E-state index contributed by atoms with van der Waals surface area (Å²) in [4.78, 5) is 0. The standard InChI is InChI=1S/C16H17N5O/c1-22-15-4-2-3-14(9-15)16-18-19-20-21(16)11-13-7-5-12(10-17)6-8-13/h2-9H,10-11,17H2,1H3. The number of ether oxygens (including phenoxy) is 1. The van der Waals surface area contributed by atoms with Gasteiger partial charge in [0.1, 0.15) is 5.75 Å². The van der Waals surface area contributed by atoms with Gasteiger partial charge in [-0.15, -0.1) is 5.10 Å². The number of hydrogen-bond donors (Lipinski definition) is 1. The molecule has 0 radical (unpaired) electrons. The average Bonchev–Trinajstić information content (AvgIpc) is 3.04. The number of benzene rings is 2. The van der Waals surface area contributed by atoms with Gasteiger partial charge in [-0.1, -0.05) is 36.4 Å². The summed E-state index contributed by atoms with van der Waals surface area (Å²) in [5.41, 5.74) is 8.76. The smallest absolute Gasteiger partial charge is 0.182 e. The van der Waals surface area contributed by atoms with Gasteiger partial charge in [-0.3, -0.25) is 0 Å². The van der Waals surface area contributed by atoms with Crippen LogP contribution in [-0.4, -0.2) is 27.3 Å². The molecule has 2 aromatic carbocycles. The number of methoxy groups -OCH3 is 1. The van der Waals surface area contributed by atoms with Crippen LogP contribution in [0.15, 0.2) is 48.5 Å². The monoisotopic (exact) mass is 295 g/mol. The SMILES string of the molecule is COc1cccc(-c2nnnn2Cc2ccc(CN)cc2)c1. The molecule has 0 aliphatic carbocycles. The highest BCUT2D eigenvalue weighted by atomic mass is 16.5. The van der Waals surface area contributed by atoms with Crippen molar-refractivity contribution in [3.05, 3.63) is 59.7 Å². The Hall–Kier alpha value is -2.73. The molecule has 3 rings (SSSR count). The molecule has 2 N–H and O–H groups in total. The second-order valence-electron chi connectivity index (χ2n) is 4.91. The number of rotatable bonds is 5. The molecule has 0 amide bonds. The van der Waals surface area contributed by atoms with E-state index in [1.165, 1.54) is 0 Å². The van der Waals surface area contributed by atoms with Crippen molar-refractivity contribution in [2.45, 2.75) is 13.1 Å². The van der Waals surface area contributed by atoms with E-state index >= 15 is 0 Å². The highest BCUT2D eigenvalue weighted by Gasteiger charge is 2.10. The van der Waals surface area contributed by atoms with Crippen molar-refractivity contribution in [3.63, 3.8) is 0 Å². The maximum Gasteiger partial charge on any atom is 0.182 e. The van der Waals surface area contributed by atoms with Gasteiger partial charge in [0.05, 0.1) is 13.7 Å². The van der Waals surface area contributed by atoms with Gasteiger partial charge in [0.25, 0.3) is 0 Å². The van der Waals surface area contributed by atoms with Crippen molar-refractivity contribution in [2.75, 3.05) is 7.11 Å². The van der Waals surface area contributed by atoms with Crippen LogP contribution in [0, 0.1) is 0 Å². The zero-order valence-electron chi connectivity index (χ0n) is 12.3. The molecular formula is C16H17N5O. The van der Waals surface area contributed by atoms with Gasteiger partial charge in [0.2, 0.25) is 0 Å². The number of nitrogens with two attached hydrogens (primary N) is 1.